The molecule has 35 heavy (non-hydrogen) atoms. The van der Waals surface area contributed by atoms with Crippen molar-refractivity contribution >= 4 is 34.9 Å². The van der Waals surface area contributed by atoms with Crippen LogP contribution in [0.15, 0.2) is 48.5 Å². The third kappa shape index (κ3) is 7.68. The van der Waals surface area contributed by atoms with E-state index in [0.717, 1.165) is 50.6 Å². The molecule has 2 aliphatic heterocycles. The number of nitrogens with one attached hydrogen (secondary N) is 1. The van der Waals surface area contributed by atoms with Gasteiger partial charge in [0.05, 0.1) is 23.6 Å². The predicted molar refractivity (Wildman–Crippen MR) is 131 cm³/mol. The Kier molecular flexibility index (Phi) is 9.42. The van der Waals surface area contributed by atoms with Crippen molar-refractivity contribution < 1.29 is 29.0 Å². The van der Waals surface area contributed by atoms with E-state index in [9.17, 15) is 9.18 Å². The maximum Gasteiger partial charge on any atom is 0.414 e. The first-order chi connectivity index (χ1) is 16.8. The second-order valence-corrected chi connectivity index (χ2v) is 8.44. The van der Waals surface area contributed by atoms with E-state index >= 15 is 0 Å². The summed E-state index contributed by atoms with van der Waals surface area (Å²) in [4.78, 5) is 37.4. The van der Waals surface area contributed by atoms with E-state index in [4.69, 9.17) is 19.8 Å². The van der Waals surface area contributed by atoms with E-state index in [2.05, 4.69) is 26.1 Å². The van der Waals surface area contributed by atoms with Crippen molar-refractivity contribution in [3.8, 4) is 0 Å². The molecule has 2 aliphatic rings. The van der Waals surface area contributed by atoms with Gasteiger partial charge in [-0.25, -0.2) is 14.0 Å². The van der Waals surface area contributed by atoms with Gasteiger partial charge in [-0.15, -0.1) is 0 Å². The van der Waals surface area contributed by atoms with E-state index in [-0.39, 0.29) is 11.7 Å². The Morgan fingerprint density at radius 1 is 0.743 bits per heavy atom. The fourth-order valence-corrected chi connectivity index (χ4v) is 4.24. The lowest BCUT2D eigenvalue weighted by Crippen LogP contribution is -2.49. The van der Waals surface area contributed by atoms with Gasteiger partial charge >= 0.3 is 11.9 Å². The van der Waals surface area contributed by atoms with Gasteiger partial charge in [-0.05, 0) is 43.5 Å². The molecule has 0 atom stereocenters. The molecule has 2 aromatic carbocycles. The van der Waals surface area contributed by atoms with Gasteiger partial charge in [0.25, 0.3) is 0 Å². The van der Waals surface area contributed by atoms with Crippen LogP contribution in [0.3, 0.4) is 0 Å². The smallest absolute Gasteiger partial charge is 0.414 e. The van der Waals surface area contributed by atoms with Crippen LogP contribution in [0.1, 0.15) is 19.3 Å². The molecule has 3 N–H and O–H groups in total. The number of para-hydroxylation sites is 3. The quantitative estimate of drug-likeness (QED) is 0.553. The zero-order chi connectivity index (χ0) is 25.2. The molecule has 188 valence electrons. The molecule has 0 aliphatic carbocycles. The van der Waals surface area contributed by atoms with E-state index in [1.54, 1.807) is 6.07 Å². The van der Waals surface area contributed by atoms with Gasteiger partial charge in [0, 0.05) is 39.3 Å². The van der Waals surface area contributed by atoms with Crippen LogP contribution in [0.2, 0.25) is 0 Å². The summed E-state index contributed by atoms with van der Waals surface area (Å²) in [6.07, 6.45) is 3.69. The molecule has 0 unspecified atom stereocenters. The number of nitrogens with zero attached hydrogens (tertiary/aromatic N) is 3. The Morgan fingerprint density at radius 2 is 1.29 bits per heavy atom. The first-order valence-corrected chi connectivity index (χ1v) is 11.7. The number of carbonyl (C=O) groups excluding carboxylic acids is 1. The summed E-state index contributed by atoms with van der Waals surface area (Å²) in [5.74, 6) is -3.83. The number of carboxylic acid groups (broad SMARTS) is 2. The highest BCUT2D eigenvalue weighted by Gasteiger charge is 2.22. The maximum atomic E-state index is 14.0. The monoisotopic (exact) mass is 486 g/mol. The minimum atomic E-state index is -1.82. The Morgan fingerprint density at radius 3 is 1.89 bits per heavy atom. The average molecular weight is 487 g/mol. The molecule has 0 bridgehead atoms. The number of carboxylic acids is 2. The lowest BCUT2D eigenvalue weighted by atomic mass is 10.1. The topological polar surface area (TPSA) is 113 Å². The zero-order valence-corrected chi connectivity index (χ0v) is 19.5. The number of halogens is 1. The summed E-state index contributed by atoms with van der Waals surface area (Å²) < 4.78 is 14.0. The molecule has 0 spiro atoms. The lowest BCUT2D eigenvalue weighted by Gasteiger charge is -2.36. The predicted octanol–water partition coefficient (Wildman–Crippen LogP) is 2.73. The molecular formula is C25H31FN4O5. The van der Waals surface area contributed by atoms with Crippen LogP contribution in [-0.4, -0.2) is 78.8 Å². The molecule has 4 rings (SSSR count). The molecule has 2 aromatic rings. The number of hydrogen-bond acceptors (Lipinski definition) is 6. The number of carbonyl (C=O) groups is 3. The maximum absolute atomic E-state index is 14.0. The molecule has 2 saturated heterocycles. The summed E-state index contributed by atoms with van der Waals surface area (Å²) in [6.45, 7) is 5.39. The van der Waals surface area contributed by atoms with Crippen molar-refractivity contribution in [1.82, 2.24) is 4.90 Å². The van der Waals surface area contributed by atoms with Gasteiger partial charge in [0.1, 0.15) is 5.82 Å². The average Bonchev–Trinajstić information content (AvgIpc) is 2.86. The van der Waals surface area contributed by atoms with Crippen LogP contribution in [0.4, 0.5) is 21.5 Å². The van der Waals surface area contributed by atoms with E-state index in [0.29, 0.717) is 12.2 Å². The Balaban J connectivity index is 0.000000509. The molecule has 0 radical (unpaired) electrons. The van der Waals surface area contributed by atoms with Crippen LogP contribution in [0.5, 0.6) is 0 Å². The molecule has 9 nitrogen and oxygen atoms in total. The van der Waals surface area contributed by atoms with E-state index in [1.807, 2.05) is 30.3 Å². The fourth-order valence-electron chi connectivity index (χ4n) is 4.24. The number of anilines is 3. The summed E-state index contributed by atoms with van der Waals surface area (Å²) in [7, 11) is 0. The number of benzene rings is 2. The molecule has 2 heterocycles. The minimum Gasteiger partial charge on any atom is -0.473 e. The summed E-state index contributed by atoms with van der Waals surface area (Å²) in [5, 5.41) is 17.9. The highest BCUT2D eigenvalue weighted by atomic mass is 19.1. The second-order valence-electron chi connectivity index (χ2n) is 8.44. The highest BCUT2D eigenvalue weighted by Crippen LogP contribution is 2.28. The number of piperidine rings is 1. The van der Waals surface area contributed by atoms with E-state index < -0.39 is 11.9 Å². The molecule has 10 heteroatoms. The fraction of sp³-hybridized carbons (Fsp3) is 0.400. The number of aliphatic carboxylic acids is 2. The van der Waals surface area contributed by atoms with Crippen molar-refractivity contribution in [3.63, 3.8) is 0 Å². The normalized spacial score (nSPS) is 16.1. The minimum absolute atomic E-state index is 0.00815. The van der Waals surface area contributed by atoms with Gasteiger partial charge in [-0.1, -0.05) is 24.3 Å². The molecule has 0 aromatic heterocycles. The summed E-state index contributed by atoms with van der Waals surface area (Å²) in [6, 6.07) is 15.0. The summed E-state index contributed by atoms with van der Waals surface area (Å²) >= 11 is 0. The number of amides is 1. The lowest BCUT2D eigenvalue weighted by molar-refractivity contribution is -0.159. The second kappa shape index (κ2) is 12.7. The van der Waals surface area contributed by atoms with Crippen molar-refractivity contribution in [3.05, 3.63) is 54.3 Å². The largest absolute Gasteiger partial charge is 0.473 e. The van der Waals surface area contributed by atoms with Crippen molar-refractivity contribution in [2.24, 2.45) is 0 Å². The Bertz CT molecular complexity index is 1010. The Labute approximate surface area is 203 Å². The van der Waals surface area contributed by atoms with Gasteiger partial charge in [0.15, 0.2) is 0 Å². The third-order valence-electron chi connectivity index (χ3n) is 5.99. The van der Waals surface area contributed by atoms with Crippen molar-refractivity contribution in [1.29, 1.82) is 0 Å². The van der Waals surface area contributed by atoms with Crippen molar-refractivity contribution in [2.75, 3.05) is 60.9 Å². The zero-order valence-electron chi connectivity index (χ0n) is 19.5. The van der Waals surface area contributed by atoms with E-state index in [1.165, 1.54) is 25.3 Å². The van der Waals surface area contributed by atoms with Gasteiger partial charge < -0.3 is 25.3 Å². The van der Waals surface area contributed by atoms with Crippen LogP contribution < -0.4 is 15.1 Å². The van der Waals surface area contributed by atoms with Gasteiger partial charge in [0.2, 0.25) is 5.91 Å². The van der Waals surface area contributed by atoms with Crippen LogP contribution in [-0.2, 0) is 14.4 Å². The Hall–Kier alpha value is -3.66. The molecule has 2 fully saturated rings. The van der Waals surface area contributed by atoms with Crippen molar-refractivity contribution in [2.45, 2.75) is 19.3 Å². The van der Waals surface area contributed by atoms with Crippen LogP contribution >= 0.6 is 0 Å². The van der Waals surface area contributed by atoms with Gasteiger partial charge in [-0.2, -0.15) is 0 Å². The van der Waals surface area contributed by atoms with Crippen LogP contribution in [0, 0.1) is 5.82 Å². The number of hydrogen-bond donors (Lipinski definition) is 3. The van der Waals surface area contributed by atoms with Crippen LogP contribution in [0.25, 0.3) is 0 Å². The highest BCUT2D eigenvalue weighted by molar-refractivity contribution is 6.27. The molecule has 0 saturated carbocycles. The number of piperazine rings is 1. The molecule has 1 amide bonds. The number of rotatable bonds is 5. The molecular weight excluding hydrogens is 455 g/mol. The summed E-state index contributed by atoms with van der Waals surface area (Å²) in [5.41, 5.74) is 2.65. The van der Waals surface area contributed by atoms with Gasteiger partial charge in [-0.3, -0.25) is 9.69 Å². The standard InChI is InChI=1S/C23H29FN4O.C2H2O4/c24-19-8-2-4-10-21(19)28-16-14-26(15-17-28)18-23(29)25-20-9-3-5-11-22(20)27-12-6-1-7-13-27;3-1(4)2(5)6/h2-5,8-11H,1,6-7,12-18H2,(H,25,29);(H,3,4)(H,5,6). The first-order valence-electron chi connectivity index (χ1n) is 11.7. The SMILES string of the molecule is O=C(CN1CCN(c2ccccc2F)CC1)Nc1ccccc1N1CCCCC1.O=C(O)C(=O)O. The first kappa shape index (κ1) is 26.0. The third-order valence-corrected chi connectivity index (χ3v) is 5.99.